The van der Waals surface area contributed by atoms with Crippen LogP contribution in [0.25, 0.3) is 0 Å². The molecule has 0 heterocycles. The van der Waals surface area contributed by atoms with Crippen LogP contribution in [-0.4, -0.2) is 22.3 Å². The Hall–Kier alpha value is -2.34. The number of amides is 1. The van der Waals surface area contributed by atoms with Crippen LogP contribution in [0.2, 0.25) is 0 Å². The second-order valence-corrected chi connectivity index (χ2v) is 4.84. The molecule has 0 atom stereocenters. The van der Waals surface area contributed by atoms with Crippen LogP contribution in [0.1, 0.15) is 15.9 Å². The fourth-order valence-corrected chi connectivity index (χ4v) is 1.91. The summed E-state index contributed by atoms with van der Waals surface area (Å²) in [5.41, 5.74) is 3.10. The number of hydrogen-bond donors (Lipinski definition) is 3. The number of nitrogens with one attached hydrogen (secondary N) is 1. The molecule has 0 saturated heterocycles. The van der Waals surface area contributed by atoms with Crippen molar-refractivity contribution in [3.8, 4) is 11.5 Å². The molecule has 2 aromatic rings. The lowest BCUT2D eigenvalue weighted by Crippen LogP contribution is -2.17. The lowest BCUT2D eigenvalue weighted by molar-refractivity contribution is 0.0955. The van der Waals surface area contributed by atoms with Crippen molar-refractivity contribution < 1.29 is 15.0 Å². The van der Waals surface area contributed by atoms with E-state index in [1.165, 1.54) is 12.3 Å². The van der Waals surface area contributed by atoms with Crippen molar-refractivity contribution in [2.24, 2.45) is 5.10 Å². The number of rotatable bonds is 3. The topological polar surface area (TPSA) is 81.9 Å². The molecule has 102 valence electrons. The number of hydrogen-bond acceptors (Lipinski definition) is 4. The zero-order valence-electron chi connectivity index (χ0n) is 10.2. The van der Waals surface area contributed by atoms with Crippen molar-refractivity contribution in [1.82, 2.24) is 5.43 Å². The maximum Gasteiger partial charge on any atom is 0.271 e. The van der Waals surface area contributed by atoms with Crippen molar-refractivity contribution >= 4 is 28.1 Å². The Morgan fingerprint density at radius 2 is 1.95 bits per heavy atom. The number of hydrazone groups is 1. The zero-order valence-corrected chi connectivity index (χ0v) is 11.8. The number of phenolic OH excluding ortho intramolecular Hbond substituents is 2. The van der Waals surface area contributed by atoms with Gasteiger partial charge in [-0.15, -0.1) is 0 Å². The average Bonchev–Trinajstić information content (AvgIpc) is 2.43. The molecule has 0 fully saturated rings. The van der Waals surface area contributed by atoms with Crippen LogP contribution < -0.4 is 5.43 Å². The Morgan fingerprint density at radius 3 is 2.70 bits per heavy atom. The fraction of sp³-hybridized carbons (Fsp3) is 0. The summed E-state index contributed by atoms with van der Waals surface area (Å²) in [7, 11) is 0. The van der Waals surface area contributed by atoms with Gasteiger partial charge in [0.05, 0.1) is 6.21 Å². The van der Waals surface area contributed by atoms with Gasteiger partial charge >= 0.3 is 0 Å². The SMILES string of the molecule is O=C(N/N=C\c1cccc(O)c1O)c1cccc(Br)c1. The molecule has 5 nitrogen and oxygen atoms in total. The van der Waals surface area contributed by atoms with E-state index in [4.69, 9.17) is 0 Å². The normalized spacial score (nSPS) is 10.7. The van der Waals surface area contributed by atoms with Gasteiger partial charge in [0.25, 0.3) is 5.91 Å². The quantitative estimate of drug-likeness (QED) is 0.458. The van der Waals surface area contributed by atoms with Gasteiger partial charge in [0.15, 0.2) is 11.5 Å². The summed E-state index contributed by atoms with van der Waals surface area (Å²) < 4.78 is 0.791. The van der Waals surface area contributed by atoms with Gasteiger partial charge in [0.2, 0.25) is 0 Å². The number of para-hydroxylation sites is 1. The van der Waals surface area contributed by atoms with Gasteiger partial charge in [-0.25, -0.2) is 5.43 Å². The largest absolute Gasteiger partial charge is 0.504 e. The summed E-state index contributed by atoms with van der Waals surface area (Å²) in [6.07, 6.45) is 1.25. The van der Waals surface area contributed by atoms with Crippen molar-refractivity contribution in [2.75, 3.05) is 0 Å². The molecule has 20 heavy (non-hydrogen) atoms. The lowest BCUT2D eigenvalue weighted by atomic mass is 10.2. The zero-order chi connectivity index (χ0) is 14.5. The van der Waals surface area contributed by atoms with Gasteiger partial charge < -0.3 is 10.2 Å². The van der Waals surface area contributed by atoms with Crippen LogP contribution in [-0.2, 0) is 0 Å². The smallest absolute Gasteiger partial charge is 0.271 e. The highest BCUT2D eigenvalue weighted by Crippen LogP contribution is 2.26. The molecule has 6 heteroatoms. The van der Waals surface area contributed by atoms with Gasteiger partial charge in [-0.3, -0.25) is 4.79 Å². The van der Waals surface area contributed by atoms with E-state index < -0.39 is 0 Å². The summed E-state index contributed by atoms with van der Waals surface area (Å²) in [4.78, 5) is 11.8. The summed E-state index contributed by atoms with van der Waals surface area (Å²) in [6, 6.07) is 11.3. The molecule has 0 bridgehead atoms. The maximum atomic E-state index is 11.8. The third-order valence-corrected chi connectivity index (χ3v) is 3.00. The number of benzene rings is 2. The van der Waals surface area contributed by atoms with Crippen LogP contribution in [0.15, 0.2) is 52.0 Å². The lowest BCUT2D eigenvalue weighted by Gasteiger charge is -2.02. The van der Waals surface area contributed by atoms with E-state index in [1.807, 2.05) is 6.07 Å². The summed E-state index contributed by atoms with van der Waals surface area (Å²) in [6.45, 7) is 0. The first-order valence-corrected chi connectivity index (χ1v) is 6.47. The average molecular weight is 335 g/mol. The number of carbonyl (C=O) groups excluding carboxylic acids is 1. The molecule has 0 aliphatic carbocycles. The number of nitrogens with zero attached hydrogens (tertiary/aromatic N) is 1. The van der Waals surface area contributed by atoms with Crippen LogP contribution in [0.4, 0.5) is 0 Å². The van der Waals surface area contributed by atoms with Crippen LogP contribution in [0.3, 0.4) is 0 Å². The number of aromatic hydroxyl groups is 2. The van der Waals surface area contributed by atoms with Crippen molar-refractivity contribution in [3.05, 3.63) is 58.1 Å². The molecule has 0 saturated carbocycles. The molecule has 2 aromatic carbocycles. The monoisotopic (exact) mass is 334 g/mol. The number of phenols is 2. The minimum absolute atomic E-state index is 0.243. The predicted molar refractivity (Wildman–Crippen MR) is 79.0 cm³/mol. The Kier molecular flexibility index (Phi) is 4.37. The second kappa shape index (κ2) is 6.21. The van der Waals surface area contributed by atoms with E-state index >= 15 is 0 Å². The number of halogens is 1. The first-order valence-electron chi connectivity index (χ1n) is 5.68. The second-order valence-electron chi connectivity index (χ2n) is 3.92. The Labute approximate surface area is 123 Å². The molecule has 2 rings (SSSR count). The summed E-state index contributed by atoms with van der Waals surface area (Å²) in [5.74, 6) is -0.901. The van der Waals surface area contributed by atoms with Crippen molar-refractivity contribution in [3.63, 3.8) is 0 Å². The third-order valence-electron chi connectivity index (χ3n) is 2.50. The van der Waals surface area contributed by atoms with Gasteiger partial charge in [-0.2, -0.15) is 5.10 Å². The minimum Gasteiger partial charge on any atom is -0.504 e. The van der Waals surface area contributed by atoms with E-state index in [0.29, 0.717) is 11.1 Å². The number of carbonyl (C=O) groups is 1. The summed E-state index contributed by atoms with van der Waals surface area (Å²) in [5, 5.41) is 22.6. The summed E-state index contributed by atoms with van der Waals surface area (Å²) >= 11 is 3.27. The molecule has 0 spiro atoms. The van der Waals surface area contributed by atoms with Crippen LogP contribution in [0, 0.1) is 0 Å². The predicted octanol–water partition coefficient (Wildman–Crippen LogP) is 2.62. The van der Waals surface area contributed by atoms with E-state index in [0.717, 1.165) is 4.47 Å². The highest BCUT2D eigenvalue weighted by molar-refractivity contribution is 9.10. The Balaban J connectivity index is 2.07. The minimum atomic E-state index is -0.373. The van der Waals surface area contributed by atoms with Gasteiger partial charge in [0, 0.05) is 15.6 Å². The van der Waals surface area contributed by atoms with Gasteiger partial charge in [-0.05, 0) is 30.3 Å². The van der Waals surface area contributed by atoms with Gasteiger partial charge in [0.1, 0.15) is 0 Å². The molecular weight excluding hydrogens is 324 g/mol. The van der Waals surface area contributed by atoms with E-state index in [9.17, 15) is 15.0 Å². The molecule has 0 aromatic heterocycles. The first-order chi connectivity index (χ1) is 9.58. The third kappa shape index (κ3) is 3.36. The van der Waals surface area contributed by atoms with E-state index in [-0.39, 0.29) is 17.4 Å². The highest BCUT2D eigenvalue weighted by atomic mass is 79.9. The Bertz CT molecular complexity index is 671. The highest BCUT2D eigenvalue weighted by Gasteiger charge is 2.05. The van der Waals surface area contributed by atoms with Gasteiger partial charge in [-0.1, -0.05) is 28.1 Å². The van der Waals surface area contributed by atoms with Crippen LogP contribution in [0.5, 0.6) is 11.5 Å². The van der Waals surface area contributed by atoms with E-state index in [1.54, 1.807) is 30.3 Å². The maximum absolute atomic E-state index is 11.8. The van der Waals surface area contributed by atoms with Crippen molar-refractivity contribution in [1.29, 1.82) is 0 Å². The Morgan fingerprint density at radius 1 is 1.20 bits per heavy atom. The first kappa shape index (κ1) is 14.1. The molecule has 1 amide bonds. The van der Waals surface area contributed by atoms with Crippen molar-refractivity contribution in [2.45, 2.75) is 0 Å². The fourth-order valence-electron chi connectivity index (χ4n) is 1.51. The molecule has 0 aliphatic rings. The molecule has 0 radical (unpaired) electrons. The molecular formula is C14H11BrN2O3. The van der Waals surface area contributed by atoms with E-state index in [2.05, 4.69) is 26.5 Å². The molecule has 0 unspecified atom stereocenters. The standard InChI is InChI=1S/C14H11BrN2O3/c15-11-5-1-3-9(7-11)14(20)17-16-8-10-4-2-6-12(18)13(10)19/h1-8,18-19H,(H,17,20)/b16-8-. The van der Waals surface area contributed by atoms with Crippen LogP contribution >= 0.6 is 15.9 Å². The molecule has 0 aliphatic heterocycles. The molecule has 3 N–H and O–H groups in total.